The molecule has 3 nitrogen and oxygen atoms in total. The summed E-state index contributed by atoms with van der Waals surface area (Å²) in [5.41, 5.74) is 5.65. The molecule has 0 radical (unpaired) electrons. The van der Waals surface area contributed by atoms with Crippen LogP contribution in [0.4, 0.5) is 14.6 Å². The highest BCUT2D eigenvalue weighted by atomic mass is 19.3. The molecule has 0 aliphatic heterocycles. The van der Waals surface area contributed by atoms with Gasteiger partial charge >= 0.3 is 0 Å². The smallest absolute Gasteiger partial charge is 0.264 e. The van der Waals surface area contributed by atoms with Crippen molar-refractivity contribution in [2.45, 2.75) is 20.0 Å². The Morgan fingerprint density at radius 2 is 2.23 bits per heavy atom. The second kappa shape index (κ2) is 3.66. The van der Waals surface area contributed by atoms with Crippen molar-refractivity contribution in [3.05, 3.63) is 22.9 Å². The molecule has 0 atom stereocenters. The van der Waals surface area contributed by atoms with E-state index in [1.54, 1.807) is 0 Å². The number of hydrogen-bond donors (Lipinski definition) is 2. The van der Waals surface area contributed by atoms with Gasteiger partial charge in [0.05, 0.1) is 12.3 Å². The number of nitrogens with zero attached hydrogens (tertiary/aromatic N) is 1. The van der Waals surface area contributed by atoms with Crippen LogP contribution in [-0.2, 0) is 6.61 Å². The standard InChI is InChI=1S/C8H10F2N2O/c1-4-6(7(9)10)2-5(3-13)12-8(4)11/h2,7,13H,3H2,1H3,(H2,11,12). The van der Waals surface area contributed by atoms with Crippen LogP contribution in [0.25, 0.3) is 0 Å². The normalized spacial score (nSPS) is 10.8. The summed E-state index contributed by atoms with van der Waals surface area (Å²) in [5, 5.41) is 8.70. The maximum Gasteiger partial charge on any atom is 0.264 e. The van der Waals surface area contributed by atoms with Crippen LogP contribution in [0.3, 0.4) is 0 Å². The molecule has 0 aromatic carbocycles. The summed E-state index contributed by atoms with van der Waals surface area (Å²) in [6.07, 6.45) is -2.59. The fourth-order valence-electron chi connectivity index (χ4n) is 1.01. The average Bonchev–Trinajstić information content (AvgIpc) is 2.09. The number of anilines is 1. The SMILES string of the molecule is Cc1c(C(F)F)cc(CO)nc1N. The summed E-state index contributed by atoms with van der Waals surface area (Å²) in [7, 11) is 0. The minimum atomic E-state index is -2.59. The van der Waals surface area contributed by atoms with Crippen molar-refractivity contribution in [1.82, 2.24) is 4.98 Å². The van der Waals surface area contributed by atoms with Crippen molar-refractivity contribution >= 4 is 5.82 Å². The van der Waals surface area contributed by atoms with Crippen LogP contribution in [0.1, 0.15) is 23.2 Å². The largest absolute Gasteiger partial charge is 0.390 e. The lowest BCUT2D eigenvalue weighted by Gasteiger charge is -2.08. The minimum Gasteiger partial charge on any atom is -0.390 e. The summed E-state index contributed by atoms with van der Waals surface area (Å²) in [6, 6.07) is 1.16. The summed E-state index contributed by atoms with van der Waals surface area (Å²) in [5.74, 6) is 0.0434. The molecule has 0 bridgehead atoms. The van der Waals surface area contributed by atoms with Gasteiger partial charge in [-0.25, -0.2) is 13.8 Å². The second-order valence-corrected chi connectivity index (χ2v) is 2.67. The van der Waals surface area contributed by atoms with Gasteiger partial charge in [0.15, 0.2) is 0 Å². The number of nitrogens with two attached hydrogens (primary N) is 1. The van der Waals surface area contributed by atoms with Crippen LogP contribution in [0.15, 0.2) is 6.07 Å². The van der Waals surface area contributed by atoms with E-state index in [1.165, 1.54) is 6.92 Å². The van der Waals surface area contributed by atoms with E-state index in [0.29, 0.717) is 0 Å². The number of aliphatic hydroxyl groups is 1. The third-order valence-electron chi connectivity index (χ3n) is 1.80. The molecule has 0 unspecified atom stereocenters. The Bertz CT molecular complexity index is 315. The zero-order valence-corrected chi connectivity index (χ0v) is 7.09. The van der Waals surface area contributed by atoms with Gasteiger partial charge in [0, 0.05) is 11.1 Å². The number of aromatic nitrogens is 1. The van der Waals surface area contributed by atoms with E-state index in [-0.39, 0.29) is 29.2 Å². The van der Waals surface area contributed by atoms with Crippen molar-refractivity contribution in [1.29, 1.82) is 0 Å². The van der Waals surface area contributed by atoms with E-state index < -0.39 is 6.43 Å². The molecular weight excluding hydrogens is 178 g/mol. The third-order valence-corrected chi connectivity index (χ3v) is 1.80. The quantitative estimate of drug-likeness (QED) is 0.737. The van der Waals surface area contributed by atoms with Crippen LogP contribution in [-0.4, -0.2) is 10.1 Å². The van der Waals surface area contributed by atoms with Crippen LogP contribution in [0.5, 0.6) is 0 Å². The van der Waals surface area contributed by atoms with Gasteiger partial charge in [-0.1, -0.05) is 0 Å². The summed E-state index contributed by atoms with van der Waals surface area (Å²) in [4.78, 5) is 3.73. The summed E-state index contributed by atoms with van der Waals surface area (Å²) < 4.78 is 24.7. The Morgan fingerprint density at radius 3 is 2.69 bits per heavy atom. The average molecular weight is 188 g/mol. The Labute approximate surface area is 74.2 Å². The molecule has 1 aromatic rings. The lowest BCUT2D eigenvalue weighted by atomic mass is 10.1. The molecule has 0 spiro atoms. The van der Waals surface area contributed by atoms with Crippen molar-refractivity contribution in [3.63, 3.8) is 0 Å². The highest BCUT2D eigenvalue weighted by Crippen LogP contribution is 2.25. The maximum atomic E-state index is 12.4. The van der Waals surface area contributed by atoms with Crippen LogP contribution in [0, 0.1) is 6.92 Å². The monoisotopic (exact) mass is 188 g/mol. The molecule has 1 aromatic heterocycles. The van der Waals surface area contributed by atoms with Crippen molar-refractivity contribution < 1.29 is 13.9 Å². The first-order valence-corrected chi connectivity index (χ1v) is 3.71. The minimum absolute atomic E-state index is 0.0434. The topological polar surface area (TPSA) is 59.1 Å². The lowest BCUT2D eigenvalue weighted by molar-refractivity contribution is 0.150. The molecule has 0 saturated heterocycles. The zero-order valence-electron chi connectivity index (χ0n) is 7.09. The summed E-state index contributed by atoms with van der Waals surface area (Å²) in [6.45, 7) is 1.09. The Balaban J connectivity index is 3.25. The number of rotatable bonds is 2. The van der Waals surface area contributed by atoms with Crippen LogP contribution >= 0.6 is 0 Å². The Kier molecular flexibility index (Phi) is 2.77. The molecule has 1 heterocycles. The highest BCUT2D eigenvalue weighted by Gasteiger charge is 2.14. The summed E-state index contributed by atoms with van der Waals surface area (Å²) >= 11 is 0. The van der Waals surface area contributed by atoms with Gasteiger partial charge in [-0.3, -0.25) is 0 Å². The van der Waals surface area contributed by atoms with E-state index in [0.717, 1.165) is 6.07 Å². The second-order valence-electron chi connectivity index (χ2n) is 2.67. The molecule has 0 amide bonds. The Hall–Kier alpha value is -1.23. The van der Waals surface area contributed by atoms with Gasteiger partial charge in [-0.2, -0.15) is 0 Å². The van der Waals surface area contributed by atoms with Crippen molar-refractivity contribution in [2.24, 2.45) is 0 Å². The fraction of sp³-hybridized carbons (Fsp3) is 0.375. The van der Waals surface area contributed by atoms with Gasteiger partial charge < -0.3 is 10.8 Å². The highest BCUT2D eigenvalue weighted by molar-refractivity contribution is 5.45. The molecule has 13 heavy (non-hydrogen) atoms. The number of aliphatic hydroxyl groups excluding tert-OH is 1. The molecule has 1 rings (SSSR count). The first kappa shape index (κ1) is 9.85. The first-order chi connectivity index (χ1) is 6.06. The first-order valence-electron chi connectivity index (χ1n) is 3.71. The number of nitrogen functional groups attached to an aromatic ring is 1. The van der Waals surface area contributed by atoms with E-state index in [4.69, 9.17) is 10.8 Å². The number of halogens is 2. The lowest BCUT2D eigenvalue weighted by Crippen LogP contribution is -2.03. The van der Waals surface area contributed by atoms with E-state index >= 15 is 0 Å². The number of hydrogen-bond acceptors (Lipinski definition) is 3. The maximum absolute atomic E-state index is 12.4. The van der Waals surface area contributed by atoms with Crippen molar-refractivity contribution in [3.8, 4) is 0 Å². The van der Waals surface area contributed by atoms with Gasteiger partial charge in [0.1, 0.15) is 5.82 Å². The van der Waals surface area contributed by atoms with Crippen molar-refractivity contribution in [2.75, 3.05) is 5.73 Å². The van der Waals surface area contributed by atoms with Gasteiger partial charge in [-0.15, -0.1) is 0 Å². The molecule has 0 fully saturated rings. The zero-order chi connectivity index (χ0) is 10.0. The molecular formula is C8H10F2N2O. The molecule has 0 saturated carbocycles. The molecule has 5 heteroatoms. The number of alkyl halides is 2. The van der Waals surface area contributed by atoms with E-state index in [9.17, 15) is 8.78 Å². The van der Waals surface area contributed by atoms with Gasteiger partial charge in [-0.05, 0) is 13.0 Å². The van der Waals surface area contributed by atoms with E-state index in [2.05, 4.69) is 4.98 Å². The predicted molar refractivity (Wildman–Crippen MR) is 44.3 cm³/mol. The fourth-order valence-corrected chi connectivity index (χ4v) is 1.01. The van der Waals surface area contributed by atoms with Gasteiger partial charge in [0.25, 0.3) is 6.43 Å². The molecule has 0 aliphatic carbocycles. The number of pyridine rings is 1. The third kappa shape index (κ3) is 1.92. The Morgan fingerprint density at radius 1 is 1.62 bits per heavy atom. The van der Waals surface area contributed by atoms with Gasteiger partial charge in [0.2, 0.25) is 0 Å². The van der Waals surface area contributed by atoms with E-state index in [1.807, 2.05) is 0 Å². The molecule has 72 valence electrons. The van der Waals surface area contributed by atoms with Crippen LogP contribution in [0.2, 0.25) is 0 Å². The predicted octanol–water partition coefficient (Wildman–Crippen LogP) is 1.40. The molecule has 3 N–H and O–H groups in total. The van der Waals surface area contributed by atoms with Crippen LogP contribution < -0.4 is 5.73 Å². The molecule has 0 aliphatic rings.